The standard InChI is InChI=1S/C13H7Cl3O3S/c14-7-2-1-3-8(15)12(7)13(18)19-6-9(17)10-4-5-11(16)20-10/h1-5H,6H2. The van der Waals surface area contributed by atoms with Gasteiger partial charge in [-0.15, -0.1) is 11.3 Å². The molecule has 0 aliphatic carbocycles. The summed E-state index contributed by atoms with van der Waals surface area (Å²) in [6, 6.07) is 7.83. The molecule has 1 heterocycles. The van der Waals surface area contributed by atoms with Gasteiger partial charge in [0.2, 0.25) is 5.78 Å². The number of esters is 1. The summed E-state index contributed by atoms with van der Waals surface area (Å²) >= 11 is 18.6. The lowest BCUT2D eigenvalue weighted by molar-refractivity contribution is 0.0476. The molecule has 3 nitrogen and oxygen atoms in total. The van der Waals surface area contributed by atoms with E-state index >= 15 is 0 Å². The van der Waals surface area contributed by atoms with Crippen LogP contribution >= 0.6 is 46.1 Å². The van der Waals surface area contributed by atoms with E-state index in [2.05, 4.69) is 0 Å². The zero-order valence-corrected chi connectivity index (χ0v) is 12.9. The molecule has 2 aromatic rings. The van der Waals surface area contributed by atoms with E-state index in [1.165, 1.54) is 12.1 Å². The fourth-order valence-corrected chi connectivity index (χ4v) is 2.95. The van der Waals surface area contributed by atoms with Crippen LogP contribution in [0.25, 0.3) is 0 Å². The SMILES string of the molecule is O=C(COC(=O)c1c(Cl)cccc1Cl)c1ccc(Cl)s1. The molecule has 7 heteroatoms. The Labute approximate surface area is 134 Å². The van der Waals surface area contributed by atoms with E-state index in [4.69, 9.17) is 39.5 Å². The summed E-state index contributed by atoms with van der Waals surface area (Å²) in [5.74, 6) is -1.07. The van der Waals surface area contributed by atoms with E-state index in [9.17, 15) is 9.59 Å². The van der Waals surface area contributed by atoms with E-state index in [0.29, 0.717) is 9.21 Å². The molecule has 0 unspecified atom stereocenters. The molecule has 0 radical (unpaired) electrons. The minimum absolute atomic E-state index is 0.0489. The molecule has 104 valence electrons. The molecular formula is C13H7Cl3O3S. The van der Waals surface area contributed by atoms with Gasteiger partial charge in [-0.3, -0.25) is 4.79 Å². The van der Waals surface area contributed by atoms with Crippen molar-refractivity contribution in [2.75, 3.05) is 6.61 Å². The van der Waals surface area contributed by atoms with Crippen molar-refractivity contribution in [2.45, 2.75) is 0 Å². The molecule has 0 bridgehead atoms. The zero-order valence-electron chi connectivity index (χ0n) is 9.86. The number of hydrogen-bond donors (Lipinski definition) is 0. The first-order valence-corrected chi connectivity index (χ1v) is 7.33. The molecule has 1 aromatic heterocycles. The number of halogens is 3. The second-order valence-corrected chi connectivity index (χ2v) is 6.23. The van der Waals surface area contributed by atoms with Gasteiger partial charge in [-0.2, -0.15) is 0 Å². The van der Waals surface area contributed by atoms with Gasteiger partial charge in [-0.1, -0.05) is 40.9 Å². The molecule has 2 rings (SSSR count). The molecule has 0 atom stereocenters. The van der Waals surface area contributed by atoms with E-state index < -0.39 is 12.6 Å². The minimum atomic E-state index is -0.739. The Bertz CT molecular complexity index is 646. The maximum Gasteiger partial charge on any atom is 0.341 e. The van der Waals surface area contributed by atoms with E-state index in [1.54, 1.807) is 18.2 Å². The first kappa shape index (κ1) is 15.3. The highest BCUT2D eigenvalue weighted by atomic mass is 35.5. The topological polar surface area (TPSA) is 43.4 Å². The van der Waals surface area contributed by atoms with Crippen LogP contribution < -0.4 is 0 Å². The Morgan fingerprint density at radius 2 is 1.70 bits per heavy atom. The second kappa shape index (κ2) is 6.59. The van der Waals surface area contributed by atoms with Gasteiger partial charge in [-0.05, 0) is 24.3 Å². The van der Waals surface area contributed by atoms with Crippen molar-refractivity contribution >= 4 is 57.9 Å². The van der Waals surface area contributed by atoms with Crippen LogP contribution in [0.3, 0.4) is 0 Å². The zero-order chi connectivity index (χ0) is 14.7. The monoisotopic (exact) mass is 348 g/mol. The summed E-state index contributed by atoms with van der Waals surface area (Å²) in [4.78, 5) is 24.1. The maximum absolute atomic E-state index is 11.9. The number of ketones is 1. The molecule has 0 saturated heterocycles. The van der Waals surface area contributed by atoms with Crippen LogP contribution in [0.2, 0.25) is 14.4 Å². The molecule has 0 aliphatic heterocycles. The average Bonchev–Trinajstić information content (AvgIpc) is 2.82. The second-order valence-electron chi connectivity index (χ2n) is 3.70. The number of benzene rings is 1. The molecule has 0 amide bonds. The predicted molar refractivity (Wildman–Crippen MR) is 80.4 cm³/mol. The molecule has 20 heavy (non-hydrogen) atoms. The maximum atomic E-state index is 11.9. The van der Waals surface area contributed by atoms with E-state index in [-0.39, 0.29) is 21.4 Å². The van der Waals surface area contributed by atoms with Gasteiger partial charge in [-0.25, -0.2) is 4.79 Å². The highest BCUT2D eigenvalue weighted by Crippen LogP contribution is 2.25. The van der Waals surface area contributed by atoms with Gasteiger partial charge in [0, 0.05) is 0 Å². The van der Waals surface area contributed by atoms with Crippen LogP contribution in [-0.2, 0) is 4.74 Å². The fraction of sp³-hybridized carbons (Fsp3) is 0.0769. The average molecular weight is 350 g/mol. The predicted octanol–water partition coefficient (Wildman–Crippen LogP) is 4.75. The van der Waals surface area contributed by atoms with Gasteiger partial charge in [0.15, 0.2) is 6.61 Å². The van der Waals surface area contributed by atoms with Crippen molar-refractivity contribution < 1.29 is 14.3 Å². The Hall–Kier alpha value is -1.07. The first-order valence-electron chi connectivity index (χ1n) is 5.38. The van der Waals surface area contributed by atoms with Crippen LogP contribution in [0.4, 0.5) is 0 Å². The lowest BCUT2D eigenvalue weighted by Crippen LogP contribution is -2.14. The smallest absolute Gasteiger partial charge is 0.341 e. The van der Waals surface area contributed by atoms with Crippen molar-refractivity contribution in [3.8, 4) is 0 Å². The van der Waals surface area contributed by atoms with Gasteiger partial charge < -0.3 is 4.74 Å². The third-order valence-corrected chi connectivity index (χ3v) is 4.25. The molecule has 0 saturated carbocycles. The largest absolute Gasteiger partial charge is 0.454 e. The lowest BCUT2D eigenvalue weighted by atomic mass is 10.2. The number of carbonyl (C=O) groups excluding carboxylic acids is 2. The van der Waals surface area contributed by atoms with Crippen molar-refractivity contribution in [1.82, 2.24) is 0 Å². The van der Waals surface area contributed by atoms with Crippen molar-refractivity contribution in [2.24, 2.45) is 0 Å². The number of rotatable bonds is 4. The molecule has 1 aromatic carbocycles. The lowest BCUT2D eigenvalue weighted by Gasteiger charge is -2.06. The van der Waals surface area contributed by atoms with Crippen LogP contribution in [0.5, 0.6) is 0 Å². The van der Waals surface area contributed by atoms with Gasteiger partial charge in [0.1, 0.15) is 0 Å². The number of ether oxygens (including phenoxy) is 1. The summed E-state index contributed by atoms with van der Waals surface area (Å²) < 4.78 is 5.42. The highest BCUT2D eigenvalue weighted by molar-refractivity contribution is 7.18. The van der Waals surface area contributed by atoms with E-state index in [0.717, 1.165) is 11.3 Å². The molecular weight excluding hydrogens is 343 g/mol. The Morgan fingerprint density at radius 3 is 2.25 bits per heavy atom. The molecule has 0 aliphatic rings. The molecule has 0 N–H and O–H groups in total. The Morgan fingerprint density at radius 1 is 1.05 bits per heavy atom. The van der Waals surface area contributed by atoms with Gasteiger partial charge in [0.25, 0.3) is 0 Å². The highest BCUT2D eigenvalue weighted by Gasteiger charge is 2.18. The Balaban J connectivity index is 2.04. The summed E-state index contributed by atoms with van der Waals surface area (Å²) in [6.07, 6.45) is 0. The summed E-state index contributed by atoms with van der Waals surface area (Å²) in [5, 5.41) is 0.350. The number of Topliss-reactive ketones (excluding diaryl/α,β-unsaturated/α-hetero) is 1. The van der Waals surface area contributed by atoms with Crippen molar-refractivity contribution in [3.63, 3.8) is 0 Å². The summed E-state index contributed by atoms with van der Waals surface area (Å²) in [7, 11) is 0. The number of hydrogen-bond acceptors (Lipinski definition) is 4. The minimum Gasteiger partial charge on any atom is -0.454 e. The summed E-state index contributed by atoms with van der Waals surface area (Å²) in [5.41, 5.74) is 0.0489. The van der Waals surface area contributed by atoms with E-state index in [1.807, 2.05) is 0 Å². The van der Waals surface area contributed by atoms with Gasteiger partial charge in [0.05, 0.1) is 24.8 Å². The normalized spacial score (nSPS) is 10.3. The van der Waals surface area contributed by atoms with Crippen molar-refractivity contribution in [3.05, 3.63) is 55.2 Å². The fourth-order valence-electron chi connectivity index (χ4n) is 1.43. The first-order chi connectivity index (χ1) is 9.49. The van der Waals surface area contributed by atoms with Crippen molar-refractivity contribution in [1.29, 1.82) is 0 Å². The number of carbonyl (C=O) groups is 2. The number of thiophene rings is 1. The summed E-state index contributed by atoms with van der Waals surface area (Å²) in [6.45, 7) is -0.392. The Kier molecular flexibility index (Phi) is 5.05. The molecule has 0 fully saturated rings. The van der Waals surface area contributed by atoms with Crippen LogP contribution in [-0.4, -0.2) is 18.4 Å². The van der Waals surface area contributed by atoms with Crippen LogP contribution in [0.1, 0.15) is 20.0 Å². The van der Waals surface area contributed by atoms with Crippen LogP contribution in [0, 0.1) is 0 Å². The van der Waals surface area contributed by atoms with Crippen LogP contribution in [0.15, 0.2) is 30.3 Å². The molecule has 0 spiro atoms. The third kappa shape index (κ3) is 3.52. The quantitative estimate of drug-likeness (QED) is 0.591. The van der Waals surface area contributed by atoms with Gasteiger partial charge >= 0.3 is 5.97 Å². The third-order valence-electron chi connectivity index (χ3n) is 2.35.